The lowest BCUT2D eigenvalue weighted by atomic mass is 9.81. The molecule has 2 aliphatic rings. The largest absolute Gasteiger partial charge is 0.306 e. The molecule has 3 heteroatoms. The highest BCUT2D eigenvalue weighted by Gasteiger charge is 2.41. The summed E-state index contributed by atoms with van der Waals surface area (Å²) in [6.45, 7) is 16.1. The average molecular weight is 778 g/mol. The van der Waals surface area contributed by atoms with Crippen molar-refractivity contribution in [1.82, 2.24) is 0 Å². The highest BCUT2D eigenvalue weighted by Crippen LogP contribution is 2.65. The number of hydrogen-bond acceptors (Lipinski definition) is 3. The Kier molecular flexibility index (Phi) is 8.84. The maximum absolute atomic E-state index is 2.57. The molecule has 2 heterocycles. The summed E-state index contributed by atoms with van der Waals surface area (Å²) in [5.41, 5.74) is 21.3. The van der Waals surface area contributed by atoms with Gasteiger partial charge in [0.15, 0.2) is 0 Å². The van der Waals surface area contributed by atoms with Crippen LogP contribution in [-0.4, -0.2) is 0 Å². The van der Waals surface area contributed by atoms with Crippen LogP contribution in [0.15, 0.2) is 182 Å². The van der Waals surface area contributed by atoms with Gasteiger partial charge in [-0.25, -0.2) is 0 Å². The number of anilines is 9. The van der Waals surface area contributed by atoms with Crippen LogP contribution in [0.4, 0.5) is 51.2 Å². The Bertz CT molecular complexity index is 2840. The Morgan fingerprint density at radius 1 is 0.300 bits per heavy atom. The molecule has 0 bridgehead atoms. The molecule has 0 N–H and O–H groups in total. The maximum Gasteiger partial charge on any atom is 0.0948 e. The lowest BCUT2D eigenvalue weighted by Gasteiger charge is -2.48. The third kappa shape index (κ3) is 6.19. The van der Waals surface area contributed by atoms with Crippen LogP contribution in [0.5, 0.6) is 0 Å². The fourth-order valence-corrected chi connectivity index (χ4v) is 9.16. The molecular formula is C57H51N3. The normalized spacial score (nSPS) is 13.2. The number of fused-ring (bicyclic) bond motifs is 4. The van der Waals surface area contributed by atoms with Crippen LogP contribution in [0.3, 0.4) is 0 Å². The summed E-state index contributed by atoms with van der Waals surface area (Å²) in [4.78, 5) is 7.61. The van der Waals surface area contributed by atoms with Crippen LogP contribution in [0, 0.1) is 6.92 Å². The van der Waals surface area contributed by atoms with Crippen LogP contribution in [0.1, 0.15) is 58.2 Å². The van der Waals surface area contributed by atoms with E-state index in [4.69, 9.17) is 0 Å². The topological polar surface area (TPSA) is 9.72 Å². The van der Waals surface area contributed by atoms with Gasteiger partial charge < -0.3 is 14.7 Å². The van der Waals surface area contributed by atoms with Gasteiger partial charge in [-0.2, -0.15) is 0 Å². The van der Waals surface area contributed by atoms with Gasteiger partial charge in [0, 0.05) is 16.7 Å². The molecule has 0 saturated heterocycles. The Balaban J connectivity index is 1.33. The van der Waals surface area contributed by atoms with Gasteiger partial charge in [0.1, 0.15) is 0 Å². The molecule has 0 unspecified atom stereocenters. The van der Waals surface area contributed by atoms with Crippen molar-refractivity contribution in [2.75, 3.05) is 14.7 Å². The van der Waals surface area contributed by atoms with Crippen molar-refractivity contribution in [3.05, 3.63) is 199 Å². The SMILES string of the molecule is Cc1cc2c3c(c1)N(c1c(-c4ccccc4)cc(C(C)(C)C)cc1-c1ccccc1)c1ccccc1N3c1ccccc1N2c1ccc(C(C)(C)C)cc1-c1ccccc1. The number of nitrogens with zero attached hydrogens (tertiary/aromatic N) is 3. The minimum Gasteiger partial charge on any atom is -0.306 e. The summed E-state index contributed by atoms with van der Waals surface area (Å²) in [6, 6.07) is 67.5. The van der Waals surface area contributed by atoms with E-state index in [0.29, 0.717) is 0 Å². The number of rotatable bonds is 5. The van der Waals surface area contributed by atoms with Gasteiger partial charge in [-0.3, -0.25) is 0 Å². The van der Waals surface area contributed by atoms with Crippen LogP contribution < -0.4 is 14.7 Å². The molecule has 8 aromatic carbocycles. The molecule has 3 nitrogen and oxygen atoms in total. The molecule has 0 spiro atoms. The molecule has 0 fully saturated rings. The zero-order valence-corrected chi connectivity index (χ0v) is 35.7. The third-order valence-corrected chi connectivity index (χ3v) is 12.2. The second-order valence-corrected chi connectivity index (χ2v) is 18.4. The Hall–Kier alpha value is -6.84. The van der Waals surface area contributed by atoms with Crippen molar-refractivity contribution in [3.63, 3.8) is 0 Å². The van der Waals surface area contributed by atoms with Crippen molar-refractivity contribution in [1.29, 1.82) is 0 Å². The standard InChI is InChI=1S/C57H51N3/c1-38-33-52-55-53(34-38)60(54-45(40-23-13-9-14-24-40)36-43(57(5,6)7)37-46(54)41-25-15-10-16-26-41)51-30-20-19-29-50(51)59(55)49-28-18-17-27-48(49)58(52)47-32-31-42(56(2,3)4)35-44(47)39-21-11-8-12-22-39/h8-37H,1-7H3. The number of aryl methyl sites for hydroxylation is 1. The quantitative estimate of drug-likeness (QED) is 0.172. The van der Waals surface area contributed by atoms with Gasteiger partial charge >= 0.3 is 0 Å². The summed E-state index contributed by atoms with van der Waals surface area (Å²) in [5.74, 6) is 0. The number of hydrogen-bond donors (Lipinski definition) is 0. The second kappa shape index (κ2) is 14.2. The smallest absolute Gasteiger partial charge is 0.0948 e. The number of benzene rings is 8. The molecular weight excluding hydrogens is 727 g/mol. The van der Waals surface area contributed by atoms with Gasteiger partial charge in [-0.1, -0.05) is 163 Å². The van der Waals surface area contributed by atoms with E-state index < -0.39 is 0 Å². The molecule has 294 valence electrons. The van der Waals surface area contributed by atoms with E-state index in [1.54, 1.807) is 0 Å². The Labute approximate surface area is 355 Å². The van der Waals surface area contributed by atoms with E-state index in [1.165, 1.54) is 55.8 Å². The Morgan fingerprint density at radius 2 is 0.667 bits per heavy atom. The van der Waals surface area contributed by atoms with Crippen LogP contribution in [0.2, 0.25) is 0 Å². The van der Waals surface area contributed by atoms with E-state index in [1.807, 2.05) is 0 Å². The molecule has 60 heavy (non-hydrogen) atoms. The minimum absolute atomic E-state index is 0.0131. The lowest BCUT2D eigenvalue weighted by Crippen LogP contribution is -2.31. The second-order valence-electron chi connectivity index (χ2n) is 18.4. The fourth-order valence-electron chi connectivity index (χ4n) is 9.16. The van der Waals surface area contributed by atoms with E-state index in [2.05, 4.69) is 245 Å². The molecule has 2 aliphatic heterocycles. The first-order chi connectivity index (χ1) is 29.0. The van der Waals surface area contributed by atoms with E-state index in [0.717, 1.165) is 45.5 Å². The van der Waals surface area contributed by atoms with E-state index in [9.17, 15) is 0 Å². The highest BCUT2D eigenvalue weighted by atomic mass is 15.3. The first kappa shape index (κ1) is 37.4. The minimum atomic E-state index is -0.0755. The number of para-hydroxylation sites is 4. The van der Waals surface area contributed by atoms with Gasteiger partial charge in [0.2, 0.25) is 0 Å². The lowest BCUT2D eigenvalue weighted by molar-refractivity contribution is 0.590. The molecule has 0 radical (unpaired) electrons. The molecule has 0 aromatic heterocycles. The van der Waals surface area contributed by atoms with Crippen molar-refractivity contribution < 1.29 is 0 Å². The maximum atomic E-state index is 2.57. The highest BCUT2D eigenvalue weighted by molar-refractivity contribution is 6.15. The predicted molar refractivity (Wildman–Crippen MR) is 256 cm³/mol. The van der Waals surface area contributed by atoms with Crippen LogP contribution in [0.25, 0.3) is 33.4 Å². The molecule has 0 atom stereocenters. The van der Waals surface area contributed by atoms with Crippen LogP contribution in [-0.2, 0) is 10.8 Å². The van der Waals surface area contributed by atoms with Gasteiger partial charge in [0.05, 0.1) is 51.2 Å². The predicted octanol–water partition coefficient (Wildman–Crippen LogP) is 16.6. The van der Waals surface area contributed by atoms with Crippen molar-refractivity contribution >= 4 is 51.2 Å². The van der Waals surface area contributed by atoms with E-state index >= 15 is 0 Å². The van der Waals surface area contributed by atoms with Crippen molar-refractivity contribution in [2.24, 2.45) is 0 Å². The molecule has 10 rings (SSSR count). The zero-order valence-electron chi connectivity index (χ0n) is 35.7. The fraction of sp³-hybridized carbons (Fsp3) is 0.158. The van der Waals surface area contributed by atoms with Gasteiger partial charge in [-0.15, -0.1) is 0 Å². The summed E-state index contributed by atoms with van der Waals surface area (Å²) < 4.78 is 0. The summed E-state index contributed by atoms with van der Waals surface area (Å²) in [5, 5.41) is 0. The zero-order chi connectivity index (χ0) is 41.3. The van der Waals surface area contributed by atoms with E-state index in [-0.39, 0.29) is 10.8 Å². The first-order valence-corrected chi connectivity index (χ1v) is 21.2. The van der Waals surface area contributed by atoms with Crippen molar-refractivity contribution in [2.45, 2.75) is 59.3 Å². The molecule has 8 aromatic rings. The average Bonchev–Trinajstić information content (AvgIpc) is 3.26. The van der Waals surface area contributed by atoms with Gasteiger partial charge in [0.25, 0.3) is 0 Å². The summed E-state index contributed by atoms with van der Waals surface area (Å²) >= 11 is 0. The summed E-state index contributed by atoms with van der Waals surface area (Å²) in [6.07, 6.45) is 0. The molecule has 0 saturated carbocycles. The molecule has 0 aliphatic carbocycles. The van der Waals surface area contributed by atoms with Crippen molar-refractivity contribution in [3.8, 4) is 33.4 Å². The monoisotopic (exact) mass is 777 g/mol. The third-order valence-electron chi connectivity index (χ3n) is 12.2. The van der Waals surface area contributed by atoms with Gasteiger partial charge in [-0.05, 0) is 112 Å². The van der Waals surface area contributed by atoms with Crippen LogP contribution >= 0.6 is 0 Å². The summed E-state index contributed by atoms with van der Waals surface area (Å²) in [7, 11) is 0. The first-order valence-electron chi connectivity index (χ1n) is 21.2. The Morgan fingerprint density at radius 3 is 1.12 bits per heavy atom. The molecule has 0 amide bonds.